The minimum Gasteiger partial charge on any atom is -0.497 e. The fourth-order valence-corrected chi connectivity index (χ4v) is 7.13. The number of methoxy groups -OCH3 is 3. The van der Waals surface area contributed by atoms with Crippen LogP contribution in [0.15, 0.2) is 96.1 Å². The van der Waals surface area contributed by atoms with Gasteiger partial charge in [-0.05, 0) is 53.6 Å². The molecular weight excluding hydrogens is 544 g/mol. The molecule has 1 aliphatic carbocycles. The molecular formula is C35H28N2O6. The third-order valence-corrected chi connectivity index (χ3v) is 8.99. The molecule has 1 spiro atoms. The molecule has 8 nitrogen and oxygen atoms in total. The van der Waals surface area contributed by atoms with E-state index in [1.165, 1.54) is 7.11 Å². The molecule has 0 unspecified atom stereocenters. The van der Waals surface area contributed by atoms with E-state index in [0.717, 1.165) is 11.1 Å². The topological polar surface area (TPSA) is 94.5 Å². The van der Waals surface area contributed by atoms with E-state index in [1.807, 2.05) is 24.3 Å². The van der Waals surface area contributed by atoms with Gasteiger partial charge in [-0.25, -0.2) is 0 Å². The largest absolute Gasteiger partial charge is 0.497 e. The number of carbonyl (C=O) groups is 3. The first-order valence-electron chi connectivity index (χ1n) is 14.0. The van der Waals surface area contributed by atoms with Gasteiger partial charge in [0.05, 0.1) is 33.6 Å². The van der Waals surface area contributed by atoms with Crippen LogP contribution < -0.4 is 14.2 Å². The lowest BCUT2D eigenvalue weighted by Gasteiger charge is -2.36. The SMILES string of the molecule is COc1ccc(C(=O)[C@@H]2[C@H](c3cc(OC)ccc3OC)C3(C(=O)c4ccccc4C3=O)[C@H]3c4ccccc4C=NN23)cc1. The number of Topliss-reactive ketones (excluding diaryl/α,β-unsaturated/α-hetero) is 3. The number of benzene rings is 4. The van der Waals surface area contributed by atoms with Gasteiger partial charge in [0, 0.05) is 28.2 Å². The molecule has 0 aromatic heterocycles. The van der Waals surface area contributed by atoms with E-state index in [4.69, 9.17) is 19.3 Å². The lowest BCUT2D eigenvalue weighted by molar-refractivity contribution is 0.0585. The van der Waals surface area contributed by atoms with Gasteiger partial charge in [0.1, 0.15) is 28.7 Å². The second kappa shape index (κ2) is 9.94. The molecule has 0 bridgehead atoms. The molecule has 214 valence electrons. The molecule has 4 aromatic rings. The Hall–Kier alpha value is -5.24. The van der Waals surface area contributed by atoms with Crippen molar-refractivity contribution in [1.29, 1.82) is 0 Å². The third kappa shape index (κ3) is 3.62. The van der Waals surface area contributed by atoms with Gasteiger partial charge in [0.2, 0.25) is 0 Å². The van der Waals surface area contributed by atoms with Crippen molar-refractivity contribution in [2.24, 2.45) is 10.5 Å². The second-order valence-corrected chi connectivity index (χ2v) is 10.9. The fourth-order valence-electron chi connectivity index (χ4n) is 7.13. The lowest BCUT2D eigenvalue weighted by atomic mass is 9.62. The highest BCUT2D eigenvalue weighted by Crippen LogP contribution is 2.65. The normalized spacial score (nSPS) is 20.9. The monoisotopic (exact) mass is 572 g/mol. The number of hydrogen-bond acceptors (Lipinski definition) is 8. The minimum atomic E-state index is -1.72. The van der Waals surface area contributed by atoms with Crippen LogP contribution in [-0.2, 0) is 0 Å². The maximum absolute atomic E-state index is 14.9. The summed E-state index contributed by atoms with van der Waals surface area (Å²) in [6.07, 6.45) is 1.69. The average Bonchev–Trinajstić information content (AvgIpc) is 3.50. The molecule has 0 radical (unpaired) electrons. The predicted molar refractivity (Wildman–Crippen MR) is 160 cm³/mol. The summed E-state index contributed by atoms with van der Waals surface area (Å²) in [7, 11) is 4.63. The minimum absolute atomic E-state index is 0.285. The van der Waals surface area contributed by atoms with Crippen molar-refractivity contribution < 1.29 is 28.6 Å². The molecule has 1 fully saturated rings. The Morgan fingerprint density at radius 2 is 1.37 bits per heavy atom. The highest BCUT2D eigenvalue weighted by atomic mass is 16.5. The molecule has 2 heterocycles. The summed E-state index contributed by atoms with van der Waals surface area (Å²) in [5.41, 5.74) is 1.41. The van der Waals surface area contributed by atoms with Crippen LogP contribution in [0.1, 0.15) is 59.7 Å². The van der Waals surface area contributed by atoms with E-state index in [-0.39, 0.29) is 17.3 Å². The maximum Gasteiger partial charge on any atom is 0.187 e. The summed E-state index contributed by atoms with van der Waals surface area (Å²) in [4.78, 5) is 44.6. The molecule has 0 N–H and O–H groups in total. The second-order valence-electron chi connectivity index (χ2n) is 10.9. The van der Waals surface area contributed by atoms with E-state index in [0.29, 0.717) is 39.5 Å². The van der Waals surface area contributed by atoms with E-state index in [1.54, 1.807) is 92.2 Å². The van der Waals surface area contributed by atoms with Gasteiger partial charge in [-0.15, -0.1) is 0 Å². The number of hydrogen-bond donors (Lipinski definition) is 0. The molecule has 4 aromatic carbocycles. The van der Waals surface area contributed by atoms with Crippen molar-refractivity contribution in [3.05, 3.63) is 124 Å². The Labute approximate surface area is 248 Å². The first-order valence-corrected chi connectivity index (χ1v) is 14.0. The summed E-state index contributed by atoms with van der Waals surface area (Å²) in [5, 5.41) is 6.47. The van der Waals surface area contributed by atoms with Crippen LogP contribution in [0.3, 0.4) is 0 Å². The standard InChI is InChI=1S/C35H28N2O6/c1-41-22-14-12-20(13-15-22)31(38)30-29(27-18-23(42-2)16-17-28(27)43-3)35(33(39)25-10-6-7-11-26(25)34(35)40)32-24-9-5-4-8-21(24)19-36-37(30)32/h4-19,29-30,32H,1-3H3/t29-,30-,32+/m0/s1. The number of ketones is 3. The fraction of sp³-hybridized carbons (Fsp3) is 0.200. The van der Waals surface area contributed by atoms with E-state index in [9.17, 15) is 14.4 Å². The van der Waals surface area contributed by atoms with Gasteiger partial charge in [0.25, 0.3) is 0 Å². The van der Waals surface area contributed by atoms with Crippen LogP contribution in [-0.4, -0.2) is 55.9 Å². The molecule has 8 heteroatoms. The van der Waals surface area contributed by atoms with Gasteiger partial charge in [-0.2, -0.15) is 5.10 Å². The molecule has 43 heavy (non-hydrogen) atoms. The Morgan fingerprint density at radius 3 is 2.02 bits per heavy atom. The predicted octanol–water partition coefficient (Wildman–Crippen LogP) is 5.52. The Balaban J connectivity index is 1.56. The van der Waals surface area contributed by atoms with Crippen LogP contribution >= 0.6 is 0 Å². The van der Waals surface area contributed by atoms with Gasteiger partial charge in [0.15, 0.2) is 17.3 Å². The zero-order valence-corrected chi connectivity index (χ0v) is 23.8. The van der Waals surface area contributed by atoms with E-state index >= 15 is 0 Å². The van der Waals surface area contributed by atoms with Gasteiger partial charge in [-0.1, -0.05) is 48.5 Å². The Kier molecular flexibility index (Phi) is 6.16. The summed E-state index contributed by atoms with van der Waals surface area (Å²) in [5.74, 6) is -0.396. The molecule has 7 rings (SSSR count). The van der Waals surface area contributed by atoms with Crippen molar-refractivity contribution in [2.45, 2.75) is 18.0 Å². The van der Waals surface area contributed by atoms with Crippen molar-refractivity contribution >= 4 is 23.6 Å². The number of hydrazone groups is 1. The molecule has 0 amide bonds. The molecule has 3 atom stereocenters. The summed E-state index contributed by atoms with van der Waals surface area (Å²) < 4.78 is 16.7. The van der Waals surface area contributed by atoms with Crippen LogP contribution in [0.4, 0.5) is 0 Å². The molecule has 0 saturated carbocycles. The first-order chi connectivity index (χ1) is 20.9. The van der Waals surface area contributed by atoms with Crippen LogP contribution in [0.2, 0.25) is 0 Å². The van der Waals surface area contributed by atoms with Gasteiger partial charge < -0.3 is 14.2 Å². The maximum atomic E-state index is 14.9. The first kappa shape index (κ1) is 26.6. The average molecular weight is 573 g/mol. The molecule has 2 aliphatic heterocycles. The number of fused-ring (bicyclic) bond motifs is 5. The number of rotatable bonds is 6. The Morgan fingerprint density at radius 1 is 0.744 bits per heavy atom. The van der Waals surface area contributed by atoms with Gasteiger partial charge >= 0.3 is 0 Å². The van der Waals surface area contributed by atoms with Gasteiger partial charge in [-0.3, -0.25) is 19.4 Å². The van der Waals surface area contributed by atoms with Crippen molar-refractivity contribution in [3.8, 4) is 17.2 Å². The third-order valence-electron chi connectivity index (χ3n) is 8.99. The van der Waals surface area contributed by atoms with E-state index in [2.05, 4.69) is 0 Å². The molecule has 3 aliphatic rings. The van der Waals surface area contributed by atoms with Crippen LogP contribution in [0.5, 0.6) is 17.2 Å². The highest BCUT2D eigenvalue weighted by Gasteiger charge is 2.73. The van der Waals surface area contributed by atoms with Crippen molar-refractivity contribution in [3.63, 3.8) is 0 Å². The smallest absolute Gasteiger partial charge is 0.187 e. The van der Waals surface area contributed by atoms with Crippen molar-refractivity contribution in [2.75, 3.05) is 21.3 Å². The summed E-state index contributed by atoms with van der Waals surface area (Å²) in [6, 6.07) is 24.6. The molecule has 1 saturated heterocycles. The quantitative estimate of drug-likeness (QED) is 0.222. The Bertz CT molecular complexity index is 1790. The zero-order chi connectivity index (χ0) is 29.9. The van der Waals surface area contributed by atoms with Crippen molar-refractivity contribution in [1.82, 2.24) is 5.01 Å². The van der Waals surface area contributed by atoms with Crippen LogP contribution in [0.25, 0.3) is 0 Å². The number of nitrogens with zero attached hydrogens (tertiary/aromatic N) is 2. The lowest BCUT2D eigenvalue weighted by Crippen LogP contribution is -2.44. The number of carbonyl (C=O) groups excluding carboxylic acids is 3. The zero-order valence-electron chi connectivity index (χ0n) is 23.8. The van der Waals surface area contributed by atoms with Crippen LogP contribution in [0, 0.1) is 5.41 Å². The summed E-state index contributed by atoms with van der Waals surface area (Å²) >= 11 is 0. The number of ether oxygens (including phenoxy) is 3. The highest BCUT2D eigenvalue weighted by molar-refractivity contribution is 6.31. The summed E-state index contributed by atoms with van der Waals surface area (Å²) in [6.45, 7) is 0. The van der Waals surface area contributed by atoms with E-state index < -0.39 is 23.4 Å².